The molecule has 144 valence electrons. The molecule has 0 radical (unpaired) electrons. The summed E-state index contributed by atoms with van der Waals surface area (Å²) in [6, 6.07) is 17.9. The molecule has 2 N–H and O–H groups in total. The van der Waals surface area contributed by atoms with Gasteiger partial charge in [0.25, 0.3) is 5.91 Å². The monoisotopic (exact) mass is 397 g/mol. The summed E-state index contributed by atoms with van der Waals surface area (Å²) in [5.74, 6) is 1.97. The van der Waals surface area contributed by atoms with Gasteiger partial charge < -0.3 is 20.1 Å². The Hall–Kier alpha value is -3.25. The van der Waals surface area contributed by atoms with Gasteiger partial charge in [-0.25, -0.2) is 4.98 Å². The number of amides is 1. The molecule has 0 aliphatic carbocycles. The zero-order chi connectivity index (χ0) is 19.8. The molecule has 0 saturated heterocycles. The maximum absolute atomic E-state index is 12.2. The highest BCUT2D eigenvalue weighted by Crippen LogP contribution is 2.18. The molecule has 3 aromatic rings. The van der Waals surface area contributed by atoms with E-state index < -0.39 is 0 Å². The Balaban J connectivity index is 1.45. The standard InChI is InChI=1S/C21H20ClN3O3/c1-27-16-7-9-17(10-8-16)28-13-12-23-20-11-6-15(14-24-20)25-21(26)18-4-2-3-5-19(18)22/h2-11,14H,12-13H2,1H3,(H,23,24)(H,25,26). The van der Waals surface area contributed by atoms with E-state index in [1.54, 1.807) is 49.7 Å². The first-order valence-electron chi connectivity index (χ1n) is 8.68. The van der Waals surface area contributed by atoms with Gasteiger partial charge in [-0.15, -0.1) is 0 Å². The molecule has 0 atom stereocenters. The number of halogens is 1. The molecule has 1 aromatic heterocycles. The minimum atomic E-state index is -0.277. The minimum Gasteiger partial charge on any atom is -0.497 e. The van der Waals surface area contributed by atoms with Gasteiger partial charge in [0.05, 0.1) is 36.1 Å². The van der Waals surface area contributed by atoms with Gasteiger partial charge in [-0.3, -0.25) is 4.79 Å². The lowest BCUT2D eigenvalue weighted by Gasteiger charge is -2.10. The first kappa shape index (κ1) is 19.5. The number of benzene rings is 2. The van der Waals surface area contributed by atoms with Gasteiger partial charge in [-0.1, -0.05) is 23.7 Å². The molecule has 6 nitrogen and oxygen atoms in total. The first-order chi connectivity index (χ1) is 13.7. The fourth-order valence-electron chi connectivity index (χ4n) is 2.44. The smallest absolute Gasteiger partial charge is 0.257 e. The van der Waals surface area contributed by atoms with Crippen molar-refractivity contribution in [3.63, 3.8) is 0 Å². The third kappa shape index (κ3) is 5.37. The topological polar surface area (TPSA) is 72.5 Å². The predicted octanol–water partition coefficient (Wildman–Crippen LogP) is 4.49. The molecule has 0 bridgehead atoms. The number of nitrogens with one attached hydrogen (secondary N) is 2. The normalized spacial score (nSPS) is 10.2. The second-order valence-corrected chi connectivity index (χ2v) is 6.22. The predicted molar refractivity (Wildman–Crippen MR) is 111 cm³/mol. The van der Waals surface area contributed by atoms with E-state index in [-0.39, 0.29) is 5.91 Å². The van der Waals surface area contributed by atoms with Crippen molar-refractivity contribution in [3.05, 3.63) is 77.4 Å². The number of pyridine rings is 1. The van der Waals surface area contributed by atoms with Crippen LogP contribution >= 0.6 is 11.6 Å². The molecule has 1 heterocycles. The summed E-state index contributed by atoms with van der Waals surface area (Å²) in [6.45, 7) is 1.07. The number of rotatable bonds is 8. The lowest BCUT2D eigenvalue weighted by atomic mass is 10.2. The minimum absolute atomic E-state index is 0.277. The molecule has 0 aliphatic rings. The number of hydrogen-bond acceptors (Lipinski definition) is 5. The molecule has 7 heteroatoms. The van der Waals surface area contributed by atoms with Crippen LogP contribution in [0.1, 0.15) is 10.4 Å². The van der Waals surface area contributed by atoms with E-state index in [2.05, 4.69) is 15.6 Å². The lowest BCUT2D eigenvalue weighted by Crippen LogP contribution is -2.14. The number of hydrogen-bond donors (Lipinski definition) is 2. The summed E-state index contributed by atoms with van der Waals surface area (Å²) in [6.07, 6.45) is 1.58. The summed E-state index contributed by atoms with van der Waals surface area (Å²) >= 11 is 6.04. The zero-order valence-electron chi connectivity index (χ0n) is 15.3. The second kappa shape index (κ2) is 9.62. The average Bonchev–Trinajstić information content (AvgIpc) is 2.73. The molecule has 1 amide bonds. The van der Waals surface area contributed by atoms with Crippen LogP contribution in [-0.4, -0.2) is 31.2 Å². The van der Waals surface area contributed by atoms with Crippen molar-refractivity contribution in [2.24, 2.45) is 0 Å². The summed E-state index contributed by atoms with van der Waals surface area (Å²) in [5, 5.41) is 6.35. The SMILES string of the molecule is COc1ccc(OCCNc2ccc(NC(=O)c3ccccc3Cl)cn2)cc1. The van der Waals surface area contributed by atoms with Gasteiger partial charge in [0.15, 0.2) is 0 Å². The van der Waals surface area contributed by atoms with Crippen molar-refractivity contribution in [2.45, 2.75) is 0 Å². The number of aromatic nitrogens is 1. The molecule has 28 heavy (non-hydrogen) atoms. The number of carbonyl (C=O) groups excluding carboxylic acids is 1. The van der Waals surface area contributed by atoms with Crippen LogP contribution < -0.4 is 20.1 Å². The van der Waals surface area contributed by atoms with E-state index in [1.165, 1.54) is 0 Å². The summed E-state index contributed by atoms with van der Waals surface area (Å²) in [7, 11) is 1.63. The third-order valence-corrected chi connectivity index (χ3v) is 4.21. The Morgan fingerprint density at radius 2 is 1.79 bits per heavy atom. The third-order valence-electron chi connectivity index (χ3n) is 3.88. The quantitative estimate of drug-likeness (QED) is 0.548. The number of carbonyl (C=O) groups is 1. The highest BCUT2D eigenvalue weighted by molar-refractivity contribution is 6.34. The average molecular weight is 398 g/mol. The Labute approximate surface area is 168 Å². The van der Waals surface area contributed by atoms with Gasteiger partial charge in [0.1, 0.15) is 23.9 Å². The van der Waals surface area contributed by atoms with Gasteiger partial charge in [-0.2, -0.15) is 0 Å². The molecular weight excluding hydrogens is 378 g/mol. The second-order valence-electron chi connectivity index (χ2n) is 5.82. The molecular formula is C21H20ClN3O3. The van der Waals surface area contributed by atoms with E-state index in [0.717, 1.165) is 11.5 Å². The van der Waals surface area contributed by atoms with Crippen LogP contribution in [0.2, 0.25) is 5.02 Å². The Kier molecular flexibility index (Phi) is 6.70. The molecule has 0 aliphatic heterocycles. The molecule has 3 rings (SSSR count). The van der Waals surface area contributed by atoms with Crippen LogP contribution in [0, 0.1) is 0 Å². The van der Waals surface area contributed by atoms with E-state index in [1.807, 2.05) is 24.3 Å². The molecule has 0 spiro atoms. The van der Waals surface area contributed by atoms with E-state index in [0.29, 0.717) is 35.2 Å². The first-order valence-corrected chi connectivity index (χ1v) is 9.06. The van der Waals surface area contributed by atoms with Crippen molar-refractivity contribution in [2.75, 3.05) is 30.9 Å². The Bertz CT molecular complexity index is 915. The molecule has 0 fully saturated rings. The van der Waals surface area contributed by atoms with E-state index >= 15 is 0 Å². The lowest BCUT2D eigenvalue weighted by molar-refractivity contribution is 0.102. The molecule has 2 aromatic carbocycles. The summed E-state index contributed by atoms with van der Waals surface area (Å²) in [4.78, 5) is 16.5. The van der Waals surface area contributed by atoms with Crippen LogP contribution in [0.3, 0.4) is 0 Å². The van der Waals surface area contributed by atoms with Gasteiger partial charge in [0.2, 0.25) is 0 Å². The van der Waals surface area contributed by atoms with Crippen LogP contribution in [0.15, 0.2) is 66.9 Å². The van der Waals surface area contributed by atoms with Crippen molar-refractivity contribution >= 4 is 29.0 Å². The van der Waals surface area contributed by atoms with Gasteiger partial charge in [-0.05, 0) is 48.5 Å². The van der Waals surface area contributed by atoms with Crippen molar-refractivity contribution < 1.29 is 14.3 Å². The fourth-order valence-corrected chi connectivity index (χ4v) is 2.66. The van der Waals surface area contributed by atoms with Gasteiger partial charge >= 0.3 is 0 Å². The molecule has 0 unspecified atom stereocenters. The van der Waals surface area contributed by atoms with Crippen molar-refractivity contribution in [1.29, 1.82) is 0 Å². The van der Waals surface area contributed by atoms with E-state index in [4.69, 9.17) is 21.1 Å². The maximum atomic E-state index is 12.2. The number of nitrogens with zero attached hydrogens (tertiary/aromatic N) is 1. The molecule has 0 saturated carbocycles. The van der Waals surface area contributed by atoms with Crippen LogP contribution in [0.25, 0.3) is 0 Å². The number of anilines is 2. The Morgan fingerprint density at radius 3 is 2.46 bits per heavy atom. The van der Waals surface area contributed by atoms with Crippen LogP contribution in [-0.2, 0) is 0 Å². The summed E-state index contributed by atoms with van der Waals surface area (Å²) < 4.78 is 10.8. The van der Waals surface area contributed by atoms with Crippen molar-refractivity contribution in [3.8, 4) is 11.5 Å². The Morgan fingerprint density at radius 1 is 1.04 bits per heavy atom. The van der Waals surface area contributed by atoms with Gasteiger partial charge in [0, 0.05) is 0 Å². The van der Waals surface area contributed by atoms with Crippen LogP contribution in [0.5, 0.6) is 11.5 Å². The zero-order valence-corrected chi connectivity index (χ0v) is 16.1. The number of ether oxygens (including phenoxy) is 2. The van der Waals surface area contributed by atoms with Crippen molar-refractivity contribution in [1.82, 2.24) is 4.98 Å². The summed E-state index contributed by atoms with van der Waals surface area (Å²) in [5.41, 5.74) is 1.01. The number of methoxy groups -OCH3 is 1. The van der Waals surface area contributed by atoms with Crippen LogP contribution in [0.4, 0.5) is 11.5 Å². The fraction of sp³-hybridized carbons (Fsp3) is 0.143. The highest BCUT2D eigenvalue weighted by atomic mass is 35.5. The maximum Gasteiger partial charge on any atom is 0.257 e. The van der Waals surface area contributed by atoms with E-state index in [9.17, 15) is 4.79 Å². The highest BCUT2D eigenvalue weighted by Gasteiger charge is 2.09. The largest absolute Gasteiger partial charge is 0.497 e.